The lowest BCUT2D eigenvalue weighted by Gasteiger charge is -2.16. The summed E-state index contributed by atoms with van der Waals surface area (Å²) in [6.45, 7) is 5.63. The average Bonchev–Trinajstić information content (AvgIpc) is 2.50. The molecule has 112 valence electrons. The molecule has 0 amide bonds. The van der Waals surface area contributed by atoms with Crippen LogP contribution in [0.3, 0.4) is 0 Å². The van der Waals surface area contributed by atoms with Crippen LogP contribution in [0.5, 0.6) is 11.5 Å². The van der Waals surface area contributed by atoms with Crippen LogP contribution < -0.4 is 10.1 Å². The van der Waals surface area contributed by atoms with E-state index in [0.717, 1.165) is 29.8 Å². The highest BCUT2D eigenvalue weighted by atomic mass is 16.5. The molecule has 0 bridgehead atoms. The average molecular weight is 285 g/mol. The molecular formula is C18H23NO2. The predicted molar refractivity (Wildman–Crippen MR) is 85.8 cm³/mol. The van der Waals surface area contributed by atoms with Crippen LogP contribution in [0.2, 0.25) is 0 Å². The molecule has 2 N–H and O–H groups in total. The van der Waals surface area contributed by atoms with E-state index in [1.807, 2.05) is 49.4 Å². The number of aryl methyl sites for hydroxylation is 1. The quantitative estimate of drug-likeness (QED) is 0.760. The largest absolute Gasteiger partial charge is 0.508 e. The number of rotatable bonds is 7. The molecule has 1 atom stereocenters. The monoisotopic (exact) mass is 285 g/mol. The van der Waals surface area contributed by atoms with Crippen LogP contribution in [0.15, 0.2) is 48.5 Å². The van der Waals surface area contributed by atoms with Crippen molar-refractivity contribution in [2.45, 2.75) is 26.3 Å². The van der Waals surface area contributed by atoms with Gasteiger partial charge in [-0.3, -0.25) is 0 Å². The van der Waals surface area contributed by atoms with Crippen molar-refractivity contribution in [2.75, 3.05) is 13.2 Å². The molecule has 21 heavy (non-hydrogen) atoms. The minimum atomic E-state index is 0.127. The number of ether oxygens (including phenoxy) is 1. The van der Waals surface area contributed by atoms with Crippen molar-refractivity contribution >= 4 is 0 Å². The maximum atomic E-state index is 9.89. The molecule has 1 unspecified atom stereocenters. The molecule has 0 aliphatic rings. The van der Waals surface area contributed by atoms with Crippen LogP contribution in [0.25, 0.3) is 0 Å². The van der Waals surface area contributed by atoms with Crippen LogP contribution in [0.4, 0.5) is 0 Å². The summed E-state index contributed by atoms with van der Waals surface area (Å²) in [5.41, 5.74) is 2.10. The molecule has 2 aromatic rings. The second-order valence-corrected chi connectivity index (χ2v) is 5.25. The second kappa shape index (κ2) is 7.70. The van der Waals surface area contributed by atoms with Crippen LogP contribution in [-0.2, 0) is 0 Å². The van der Waals surface area contributed by atoms with Crippen LogP contribution in [0.1, 0.15) is 30.5 Å². The maximum Gasteiger partial charge on any atom is 0.120 e. The van der Waals surface area contributed by atoms with E-state index in [1.165, 1.54) is 0 Å². The first-order valence-electron chi connectivity index (χ1n) is 7.37. The number of para-hydroxylation sites is 1. The minimum Gasteiger partial charge on any atom is -0.508 e. The van der Waals surface area contributed by atoms with Gasteiger partial charge >= 0.3 is 0 Å². The van der Waals surface area contributed by atoms with Crippen molar-refractivity contribution < 1.29 is 9.84 Å². The van der Waals surface area contributed by atoms with Crippen molar-refractivity contribution in [2.24, 2.45) is 0 Å². The lowest BCUT2D eigenvalue weighted by molar-refractivity contribution is 0.305. The summed E-state index contributed by atoms with van der Waals surface area (Å²) in [6.07, 6.45) is 0.922. The number of aromatic hydroxyl groups is 1. The van der Waals surface area contributed by atoms with E-state index in [9.17, 15) is 5.11 Å². The first-order chi connectivity index (χ1) is 10.2. The van der Waals surface area contributed by atoms with E-state index in [1.54, 1.807) is 6.07 Å². The second-order valence-electron chi connectivity index (χ2n) is 5.25. The number of phenols is 1. The van der Waals surface area contributed by atoms with Gasteiger partial charge in [-0.2, -0.15) is 0 Å². The summed E-state index contributed by atoms with van der Waals surface area (Å²) in [7, 11) is 0. The number of nitrogens with one attached hydrogen (secondary N) is 1. The molecule has 3 nitrogen and oxygen atoms in total. The summed E-state index contributed by atoms with van der Waals surface area (Å²) in [4.78, 5) is 0. The van der Waals surface area contributed by atoms with E-state index >= 15 is 0 Å². The molecule has 3 heteroatoms. The SMILES string of the molecule is Cc1ccc(O)c(C(C)NCCCOc2ccccc2)c1. The zero-order valence-corrected chi connectivity index (χ0v) is 12.7. The van der Waals surface area contributed by atoms with Crippen LogP contribution in [0, 0.1) is 6.92 Å². The number of hydrogen-bond donors (Lipinski definition) is 2. The highest BCUT2D eigenvalue weighted by molar-refractivity contribution is 5.37. The molecule has 0 heterocycles. The van der Waals surface area contributed by atoms with Gasteiger partial charge in [0, 0.05) is 11.6 Å². The van der Waals surface area contributed by atoms with Crippen molar-refractivity contribution in [3.8, 4) is 11.5 Å². The van der Waals surface area contributed by atoms with Gasteiger partial charge in [0.25, 0.3) is 0 Å². The van der Waals surface area contributed by atoms with E-state index < -0.39 is 0 Å². The smallest absolute Gasteiger partial charge is 0.120 e. The summed E-state index contributed by atoms with van der Waals surface area (Å²) >= 11 is 0. The lowest BCUT2D eigenvalue weighted by atomic mass is 10.0. The molecule has 2 rings (SSSR count). The van der Waals surface area contributed by atoms with Gasteiger partial charge < -0.3 is 15.2 Å². The topological polar surface area (TPSA) is 41.5 Å². The molecule has 0 aromatic heterocycles. The Morgan fingerprint density at radius 2 is 1.90 bits per heavy atom. The van der Waals surface area contributed by atoms with E-state index in [-0.39, 0.29) is 6.04 Å². The lowest BCUT2D eigenvalue weighted by Crippen LogP contribution is -2.21. The summed E-state index contributed by atoms with van der Waals surface area (Å²) < 4.78 is 5.65. The van der Waals surface area contributed by atoms with Crippen LogP contribution in [-0.4, -0.2) is 18.3 Å². The fourth-order valence-electron chi connectivity index (χ4n) is 2.23. The summed E-state index contributed by atoms with van der Waals surface area (Å²) in [6, 6.07) is 15.6. The Morgan fingerprint density at radius 3 is 2.67 bits per heavy atom. The van der Waals surface area contributed by atoms with Crippen molar-refractivity contribution in [1.82, 2.24) is 5.32 Å². The Morgan fingerprint density at radius 1 is 1.14 bits per heavy atom. The molecule has 2 aromatic carbocycles. The van der Waals surface area contributed by atoms with E-state index in [0.29, 0.717) is 12.4 Å². The minimum absolute atomic E-state index is 0.127. The molecule has 0 saturated heterocycles. The molecule has 0 radical (unpaired) electrons. The highest BCUT2D eigenvalue weighted by Crippen LogP contribution is 2.24. The maximum absolute atomic E-state index is 9.89. The Hall–Kier alpha value is -2.00. The molecule has 0 aliphatic heterocycles. The van der Waals surface area contributed by atoms with Gasteiger partial charge in [-0.25, -0.2) is 0 Å². The van der Waals surface area contributed by atoms with E-state index in [2.05, 4.69) is 12.2 Å². The number of hydrogen-bond acceptors (Lipinski definition) is 3. The molecule has 0 aliphatic carbocycles. The summed E-state index contributed by atoms with van der Waals surface area (Å²) in [5.74, 6) is 1.25. The normalized spacial score (nSPS) is 12.1. The number of phenolic OH excluding ortho intramolecular Hbond substituents is 1. The third-order valence-electron chi connectivity index (χ3n) is 3.43. The van der Waals surface area contributed by atoms with Crippen molar-refractivity contribution in [3.63, 3.8) is 0 Å². The van der Waals surface area contributed by atoms with Gasteiger partial charge in [-0.15, -0.1) is 0 Å². The highest BCUT2D eigenvalue weighted by Gasteiger charge is 2.09. The third kappa shape index (κ3) is 4.80. The van der Waals surface area contributed by atoms with Crippen molar-refractivity contribution in [1.29, 1.82) is 0 Å². The molecular weight excluding hydrogens is 262 g/mol. The van der Waals surface area contributed by atoms with Gasteiger partial charge in [0.15, 0.2) is 0 Å². The first kappa shape index (κ1) is 15.4. The molecule has 0 spiro atoms. The standard InChI is InChI=1S/C18H23NO2/c1-14-9-10-18(20)17(13-14)15(2)19-11-6-12-21-16-7-4-3-5-8-16/h3-5,7-10,13,15,19-20H,6,11-12H2,1-2H3. The third-order valence-corrected chi connectivity index (χ3v) is 3.43. The predicted octanol–water partition coefficient (Wildman–Crippen LogP) is 3.82. The zero-order valence-electron chi connectivity index (χ0n) is 12.7. The fraction of sp³-hybridized carbons (Fsp3) is 0.333. The Balaban J connectivity index is 1.72. The van der Waals surface area contributed by atoms with Crippen LogP contribution >= 0.6 is 0 Å². The fourth-order valence-corrected chi connectivity index (χ4v) is 2.23. The van der Waals surface area contributed by atoms with E-state index in [4.69, 9.17) is 4.74 Å². The first-order valence-corrected chi connectivity index (χ1v) is 7.37. The molecule has 0 saturated carbocycles. The summed E-state index contributed by atoms with van der Waals surface area (Å²) in [5, 5.41) is 13.3. The molecule has 0 fully saturated rings. The van der Waals surface area contributed by atoms with Gasteiger partial charge in [0.05, 0.1) is 6.61 Å². The van der Waals surface area contributed by atoms with Gasteiger partial charge in [-0.1, -0.05) is 35.9 Å². The Labute approximate surface area is 126 Å². The van der Waals surface area contributed by atoms with Gasteiger partial charge in [-0.05, 0) is 45.0 Å². The van der Waals surface area contributed by atoms with Gasteiger partial charge in [0.1, 0.15) is 11.5 Å². The number of benzene rings is 2. The van der Waals surface area contributed by atoms with Crippen molar-refractivity contribution in [3.05, 3.63) is 59.7 Å². The Bertz CT molecular complexity index is 554. The zero-order chi connectivity index (χ0) is 15.1. The Kier molecular flexibility index (Phi) is 5.64. The van der Waals surface area contributed by atoms with Gasteiger partial charge in [0.2, 0.25) is 0 Å².